The molecular weight excluding hydrogens is 284 g/mol. The van der Waals surface area contributed by atoms with Gasteiger partial charge in [0.05, 0.1) is 11.5 Å². The van der Waals surface area contributed by atoms with Crippen LogP contribution < -0.4 is 10.5 Å². The highest BCUT2D eigenvalue weighted by Gasteiger charge is 2.16. The van der Waals surface area contributed by atoms with Gasteiger partial charge in [0.1, 0.15) is 5.75 Å². The maximum absolute atomic E-state index is 10.7. The van der Waals surface area contributed by atoms with Crippen molar-refractivity contribution in [3.63, 3.8) is 0 Å². The number of benzene rings is 1. The monoisotopic (exact) mass is 302 g/mol. The van der Waals surface area contributed by atoms with Gasteiger partial charge in [-0.05, 0) is 24.8 Å². The molecule has 0 amide bonds. The van der Waals surface area contributed by atoms with Crippen LogP contribution in [0.25, 0.3) is 0 Å². The Labute approximate surface area is 123 Å². The van der Waals surface area contributed by atoms with Gasteiger partial charge in [0.15, 0.2) is 0 Å². The van der Waals surface area contributed by atoms with Gasteiger partial charge >= 0.3 is 0 Å². The Bertz CT molecular complexity index is 450. The van der Waals surface area contributed by atoms with E-state index in [0.717, 1.165) is 26.1 Å². The maximum atomic E-state index is 10.7. The second kappa shape index (κ2) is 8.04. The van der Waals surface area contributed by atoms with Crippen molar-refractivity contribution in [3.05, 3.63) is 33.9 Å². The number of nitrogens with zero attached hydrogens (tertiary/aromatic N) is 1. The van der Waals surface area contributed by atoms with Gasteiger partial charge in [0.2, 0.25) is 0 Å². The first-order chi connectivity index (χ1) is 9.20. The molecule has 1 fully saturated rings. The molecule has 20 heavy (non-hydrogen) atoms. The van der Waals surface area contributed by atoms with Crippen LogP contribution in [0.3, 0.4) is 0 Å². The van der Waals surface area contributed by atoms with Gasteiger partial charge in [-0.3, -0.25) is 10.1 Å². The van der Waals surface area contributed by atoms with Gasteiger partial charge < -0.3 is 15.2 Å². The summed E-state index contributed by atoms with van der Waals surface area (Å²) in [6.45, 7) is 2.38. The number of non-ortho nitro benzene ring substituents is 1. The number of rotatable bonds is 5. The minimum absolute atomic E-state index is 0. The standard InChI is InChI=1S/C13H18N2O4.ClH/c14-8-11-7-12(15(16)17)1-2-13(11)19-9-10-3-5-18-6-4-10;/h1-2,7,10H,3-6,8-9,14H2;1H. The van der Waals surface area contributed by atoms with Gasteiger partial charge in [-0.2, -0.15) is 0 Å². The topological polar surface area (TPSA) is 87.6 Å². The largest absolute Gasteiger partial charge is 0.493 e. The van der Waals surface area contributed by atoms with Gasteiger partial charge in [-0.15, -0.1) is 12.4 Å². The molecule has 2 rings (SSSR count). The molecule has 1 aliphatic rings. The Morgan fingerprint density at radius 2 is 2.10 bits per heavy atom. The molecule has 112 valence electrons. The van der Waals surface area contributed by atoms with Crippen LogP contribution in [-0.2, 0) is 11.3 Å². The minimum atomic E-state index is -0.429. The number of ether oxygens (including phenoxy) is 2. The van der Waals surface area contributed by atoms with E-state index in [-0.39, 0.29) is 24.6 Å². The number of hydrogen-bond acceptors (Lipinski definition) is 5. The first-order valence-electron chi connectivity index (χ1n) is 6.38. The molecule has 0 atom stereocenters. The predicted molar refractivity (Wildman–Crippen MR) is 77.3 cm³/mol. The lowest BCUT2D eigenvalue weighted by Gasteiger charge is -2.22. The van der Waals surface area contributed by atoms with Crippen molar-refractivity contribution in [2.24, 2.45) is 11.7 Å². The molecule has 0 spiro atoms. The van der Waals surface area contributed by atoms with Crippen molar-refractivity contribution in [2.75, 3.05) is 19.8 Å². The van der Waals surface area contributed by atoms with Gasteiger partial charge in [0.25, 0.3) is 5.69 Å². The zero-order valence-electron chi connectivity index (χ0n) is 11.1. The lowest BCUT2D eigenvalue weighted by Crippen LogP contribution is -2.21. The highest BCUT2D eigenvalue weighted by Crippen LogP contribution is 2.25. The van der Waals surface area contributed by atoms with Crippen LogP contribution in [-0.4, -0.2) is 24.7 Å². The fourth-order valence-electron chi connectivity index (χ4n) is 2.10. The SMILES string of the molecule is Cl.NCc1cc([N+](=O)[O-])ccc1OCC1CCOCC1. The zero-order chi connectivity index (χ0) is 13.7. The maximum Gasteiger partial charge on any atom is 0.270 e. The van der Waals surface area contributed by atoms with Crippen LogP contribution in [0, 0.1) is 16.0 Å². The molecule has 6 nitrogen and oxygen atoms in total. The predicted octanol–water partition coefficient (Wildman–Crippen LogP) is 2.28. The molecule has 1 saturated heterocycles. The second-order valence-corrected chi connectivity index (χ2v) is 4.62. The van der Waals surface area contributed by atoms with Gasteiger partial charge in [0, 0.05) is 37.5 Å². The summed E-state index contributed by atoms with van der Waals surface area (Å²) >= 11 is 0. The lowest BCUT2D eigenvalue weighted by atomic mass is 10.0. The van der Waals surface area contributed by atoms with Gasteiger partial charge in [-0.25, -0.2) is 0 Å². The number of halogens is 1. The minimum Gasteiger partial charge on any atom is -0.493 e. The smallest absolute Gasteiger partial charge is 0.270 e. The Morgan fingerprint density at radius 3 is 2.70 bits per heavy atom. The summed E-state index contributed by atoms with van der Waals surface area (Å²) in [5, 5.41) is 10.7. The molecule has 7 heteroatoms. The summed E-state index contributed by atoms with van der Waals surface area (Å²) in [4.78, 5) is 10.3. The molecule has 2 N–H and O–H groups in total. The molecule has 0 saturated carbocycles. The number of hydrogen-bond donors (Lipinski definition) is 1. The fourth-order valence-corrected chi connectivity index (χ4v) is 2.10. The summed E-state index contributed by atoms with van der Waals surface area (Å²) in [7, 11) is 0. The molecule has 0 unspecified atom stereocenters. The van der Waals surface area contributed by atoms with Crippen LogP contribution in [0.2, 0.25) is 0 Å². The van der Waals surface area contributed by atoms with Crippen molar-refractivity contribution in [1.29, 1.82) is 0 Å². The van der Waals surface area contributed by atoms with E-state index in [4.69, 9.17) is 15.2 Å². The van der Waals surface area contributed by atoms with Crippen LogP contribution in [0.15, 0.2) is 18.2 Å². The number of nitro benzene ring substituents is 1. The first kappa shape index (κ1) is 16.7. The number of nitrogens with two attached hydrogens (primary N) is 1. The molecule has 0 bridgehead atoms. The average Bonchev–Trinajstić information content (AvgIpc) is 2.45. The molecular formula is C13H19ClN2O4. The fraction of sp³-hybridized carbons (Fsp3) is 0.538. The molecule has 1 aliphatic heterocycles. The Hall–Kier alpha value is -1.37. The van der Waals surface area contributed by atoms with E-state index in [9.17, 15) is 10.1 Å². The van der Waals surface area contributed by atoms with E-state index in [1.165, 1.54) is 12.1 Å². The normalized spacial score (nSPS) is 15.4. The van der Waals surface area contributed by atoms with Crippen LogP contribution in [0.1, 0.15) is 18.4 Å². The molecule has 0 radical (unpaired) electrons. The van der Waals surface area contributed by atoms with E-state index in [1.54, 1.807) is 6.07 Å². The Morgan fingerprint density at radius 1 is 1.40 bits per heavy atom. The second-order valence-electron chi connectivity index (χ2n) is 4.62. The molecule has 0 aliphatic carbocycles. The third-order valence-corrected chi connectivity index (χ3v) is 3.29. The van der Waals surface area contributed by atoms with E-state index >= 15 is 0 Å². The van der Waals surface area contributed by atoms with Crippen LogP contribution >= 0.6 is 12.4 Å². The summed E-state index contributed by atoms with van der Waals surface area (Å²) in [6, 6.07) is 4.54. The molecule has 1 aromatic rings. The first-order valence-corrected chi connectivity index (χ1v) is 6.38. The molecule has 1 aromatic carbocycles. The van der Waals surface area contributed by atoms with Crippen LogP contribution in [0.5, 0.6) is 5.75 Å². The summed E-state index contributed by atoms with van der Waals surface area (Å²) < 4.78 is 11.0. The lowest BCUT2D eigenvalue weighted by molar-refractivity contribution is -0.384. The van der Waals surface area contributed by atoms with Crippen molar-refractivity contribution in [1.82, 2.24) is 0 Å². The highest BCUT2D eigenvalue weighted by molar-refractivity contribution is 5.85. The Balaban J connectivity index is 0.00000200. The zero-order valence-corrected chi connectivity index (χ0v) is 11.9. The van der Waals surface area contributed by atoms with Crippen molar-refractivity contribution < 1.29 is 14.4 Å². The third-order valence-electron chi connectivity index (χ3n) is 3.29. The summed E-state index contributed by atoms with van der Waals surface area (Å²) in [5.41, 5.74) is 6.31. The van der Waals surface area contributed by atoms with E-state index in [0.29, 0.717) is 23.8 Å². The van der Waals surface area contributed by atoms with Crippen molar-refractivity contribution >= 4 is 18.1 Å². The van der Waals surface area contributed by atoms with Gasteiger partial charge in [-0.1, -0.05) is 0 Å². The molecule has 0 aromatic heterocycles. The van der Waals surface area contributed by atoms with Crippen molar-refractivity contribution in [3.8, 4) is 5.75 Å². The third kappa shape index (κ3) is 4.33. The number of nitro groups is 1. The van der Waals surface area contributed by atoms with E-state index in [1.807, 2.05) is 0 Å². The molecule has 1 heterocycles. The quantitative estimate of drug-likeness (QED) is 0.666. The van der Waals surface area contributed by atoms with Crippen LogP contribution in [0.4, 0.5) is 5.69 Å². The van der Waals surface area contributed by atoms with E-state index in [2.05, 4.69) is 0 Å². The highest BCUT2D eigenvalue weighted by atomic mass is 35.5. The Kier molecular flexibility index (Phi) is 6.70. The average molecular weight is 303 g/mol. The summed E-state index contributed by atoms with van der Waals surface area (Å²) in [6.07, 6.45) is 1.98. The van der Waals surface area contributed by atoms with Crippen molar-refractivity contribution in [2.45, 2.75) is 19.4 Å². The van der Waals surface area contributed by atoms with E-state index < -0.39 is 4.92 Å². The summed E-state index contributed by atoms with van der Waals surface area (Å²) in [5.74, 6) is 1.12.